The number of β-lactam (4-membered cyclic amide) rings is 1. The molecular weight excluding hydrogens is 692 g/mol. The lowest BCUT2D eigenvalue weighted by Gasteiger charge is -2.48. The quantitative estimate of drug-likeness (QED) is 0.0458. The van der Waals surface area contributed by atoms with E-state index in [1.807, 2.05) is 27.9 Å². The van der Waals surface area contributed by atoms with Crippen molar-refractivity contribution in [3.8, 4) is 0 Å². The number of hydrogen-bond donors (Lipinski definition) is 1. The molecule has 55 heavy (non-hydrogen) atoms. The second-order valence-corrected chi connectivity index (χ2v) is 14.7. The van der Waals surface area contributed by atoms with Gasteiger partial charge in [-0.1, -0.05) is 90.9 Å². The van der Waals surface area contributed by atoms with Gasteiger partial charge in [-0.05, 0) is 122 Å². The van der Waals surface area contributed by atoms with Crippen molar-refractivity contribution in [3.05, 3.63) is 149 Å². The number of anilines is 1. The summed E-state index contributed by atoms with van der Waals surface area (Å²) >= 11 is 0. The highest BCUT2D eigenvalue weighted by atomic mass is 19.1. The van der Waals surface area contributed by atoms with Crippen molar-refractivity contribution in [1.29, 1.82) is 0 Å². The number of ether oxygens (including phenoxy) is 1. The van der Waals surface area contributed by atoms with Gasteiger partial charge >= 0.3 is 5.97 Å². The lowest BCUT2D eigenvalue weighted by Crippen LogP contribution is -2.55. The average Bonchev–Trinajstić information content (AvgIpc) is 3.72. The summed E-state index contributed by atoms with van der Waals surface area (Å²) in [6.07, 6.45) is 14.1. The molecule has 6 rings (SSSR count). The molecule has 0 bridgehead atoms. The molecule has 1 fully saturated rings. The number of aliphatic hydroxyl groups excluding tert-OH is 1. The predicted octanol–water partition coefficient (Wildman–Crippen LogP) is 9.11. The van der Waals surface area contributed by atoms with Gasteiger partial charge in [-0.15, -0.1) is 5.10 Å². The molecule has 4 aromatic carbocycles. The van der Waals surface area contributed by atoms with E-state index in [0.29, 0.717) is 18.4 Å². The van der Waals surface area contributed by atoms with E-state index in [1.165, 1.54) is 41.3 Å². The summed E-state index contributed by atoms with van der Waals surface area (Å²) in [6.45, 7) is 2.43. The van der Waals surface area contributed by atoms with Gasteiger partial charge in [0.15, 0.2) is 0 Å². The summed E-state index contributed by atoms with van der Waals surface area (Å²) in [5, 5.41) is 17.0. The third kappa shape index (κ3) is 11.0. The summed E-state index contributed by atoms with van der Waals surface area (Å²) in [6, 6.07) is 31.6. The Morgan fingerprint density at radius 3 is 2.11 bits per heavy atom. The summed E-state index contributed by atoms with van der Waals surface area (Å²) < 4.78 is 21.2. The van der Waals surface area contributed by atoms with Crippen LogP contribution in [-0.2, 0) is 46.6 Å². The summed E-state index contributed by atoms with van der Waals surface area (Å²) in [4.78, 5) is 27.9. The molecule has 0 radical (unpaired) electrons. The second kappa shape index (κ2) is 20.0. The Bertz CT molecular complexity index is 1930. The Morgan fingerprint density at radius 2 is 1.45 bits per heavy atom. The van der Waals surface area contributed by atoms with E-state index >= 15 is 0 Å². The molecule has 1 amide bonds. The van der Waals surface area contributed by atoms with Crippen molar-refractivity contribution in [1.82, 2.24) is 15.0 Å². The molecule has 1 saturated heterocycles. The number of benzene rings is 4. The van der Waals surface area contributed by atoms with Gasteiger partial charge in [0.25, 0.3) is 0 Å². The number of carbonyl (C=O) groups is 2. The summed E-state index contributed by atoms with van der Waals surface area (Å²) in [5.74, 6) is -1.03. The minimum absolute atomic E-state index is 0.0424. The summed E-state index contributed by atoms with van der Waals surface area (Å²) in [7, 11) is 0. The fourth-order valence-electron chi connectivity index (χ4n) is 7.81. The topological polar surface area (TPSA) is 97.6 Å². The molecule has 1 aliphatic heterocycles. The molecule has 0 spiro atoms. The Kier molecular flexibility index (Phi) is 14.4. The highest BCUT2D eigenvalue weighted by Crippen LogP contribution is 2.46. The van der Waals surface area contributed by atoms with Gasteiger partial charge < -0.3 is 14.7 Å². The predicted molar refractivity (Wildman–Crippen MR) is 213 cm³/mol. The van der Waals surface area contributed by atoms with Gasteiger partial charge in [0, 0.05) is 32.0 Å². The van der Waals surface area contributed by atoms with Crippen LogP contribution in [-0.4, -0.2) is 38.6 Å². The molecule has 5 aromatic rings. The van der Waals surface area contributed by atoms with Crippen LogP contribution in [0.25, 0.3) is 0 Å². The highest BCUT2D eigenvalue weighted by Gasteiger charge is 2.48. The van der Waals surface area contributed by atoms with E-state index in [1.54, 1.807) is 18.3 Å². The number of halogens is 1. The molecular formula is C46H53FN4O4. The van der Waals surface area contributed by atoms with Crippen LogP contribution in [0.2, 0.25) is 0 Å². The largest absolute Gasteiger partial charge is 0.458 e. The van der Waals surface area contributed by atoms with Crippen LogP contribution in [0.3, 0.4) is 0 Å². The van der Waals surface area contributed by atoms with Gasteiger partial charge in [-0.25, -0.2) is 4.39 Å². The zero-order valence-electron chi connectivity index (χ0n) is 31.9. The number of aromatic nitrogens is 3. The number of unbranched alkanes of at least 4 members (excludes halogenated alkanes) is 3. The number of nitrogens with zero attached hydrogens (tertiary/aromatic N) is 4. The normalized spacial score (nSPS) is 15.8. The monoisotopic (exact) mass is 744 g/mol. The molecule has 0 unspecified atom stereocenters. The zero-order valence-corrected chi connectivity index (χ0v) is 31.9. The number of amides is 1. The molecule has 3 atom stereocenters. The number of aryl methyl sites for hydroxylation is 5. The standard InChI is InChI=1S/C46H53FN4O4/c1-34(53)55-44(39-22-24-41(47)25-23-39)29-28-43-45(51(46(43)54)42-26-18-36(19-27-42)11-9-31-50-32-30-48-49-50)40-20-16-35(17-21-40)10-8-15-38-14-6-5-13-37(38)12-4-2-3-7-33-52/h5-6,13-14,16-27,30,32,43-45,52H,2-4,7-12,15,28-29,31,33H2,1H3/t43-,44+,45-/m1/s1. The van der Waals surface area contributed by atoms with Crippen LogP contribution < -0.4 is 4.90 Å². The van der Waals surface area contributed by atoms with Crippen molar-refractivity contribution in [2.75, 3.05) is 11.5 Å². The molecule has 0 aliphatic carbocycles. The van der Waals surface area contributed by atoms with Crippen LogP contribution >= 0.6 is 0 Å². The van der Waals surface area contributed by atoms with Gasteiger partial charge in [-0.3, -0.25) is 14.3 Å². The van der Waals surface area contributed by atoms with Gasteiger partial charge in [0.2, 0.25) is 5.91 Å². The molecule has 1 aromatic heterocycles. The van der Waals surface area contributed by atoms with E-state index in [2.05, 4.69) is 71.0 Å². The molecule has 9 heteroatoms. The van der Waals surface area contributed by atoms with E-state index in [0.717, 1.165) is 82.0 Å². The molecule has 288 valence electrons. The lowest BCUT2D eigenvalue weighted by molar-refractivity contribution is -0.147. The van der Waals surface area contributed by atoms with Crippen molar-refractivity contribution >= 4 is 17.6 Å². The van der Waals surface area contributed by atoms with E-state index in [9.17, 15) is 14.0 Å². The minimum atomic E-state index is -0.573. The number of rotatable bonds is 21. The summed E-state index contributed by atoms with van der Waals surface area (Å²) in [5.41, 5.74) is 7.94. The first kappa shape index (κ1) is 39.5. The van der Waals surface area contributed by atoms with E-state index in [4.69, 9.17) is 9.84 Å². The zero-order chi connectivity index (χ0) is 38.4. The number of hydrogen-bond acceptors (Lipinski definition) is 6. The van der Waals surface area contributed by atoms with Crippen LogP contribution in [0.1, 0.15) is 104 Å². The van der Waals surface area contributed by atoms with Gasteiger partial charge in [-0.2, -0.15) is 0 Å². The molecule has 0 saturated carbocycles. The molecule has 1 N–H and O–H groups in total. The number of carbonyl (C=O) groups excluding carboxylic acids is 2. The first-order valence-corrected chi connectivity index (χ1v) is 19.8. The van der Waals surface area contributed by atoms with Crippen LogP contribution in [0.5, 0.6) is 0 Å². The van der Waals surface area contributed by atoms with Gasteiger partial charge in [0.1, 0.15) is 11.9 Å². The minimum Gasteiger partial charge on any atom is -0.458 e. The maximum absolute atomic E-state index is 14.0. The van der Waals surface area contributed by atoms with E-state index in [-0.39, 0.29) is 30.3 Å². The first-order chi connectivity index (χ1) is 26.9. The fraction of sp³-hybridized carbons (Fsp3) is 0.391. The Hall–Kier alpha value is -5.15. The van der Waals surface area contributed by atoms with Crippen molar-refractivity contribution in [2.45, 2.75) is 103 Å². The third-order valence-corrected chi connectivity index (χ3v) is 10.7. The van der Waals surface area contributed by atoms with Crippen LogP contribution in [0, 0.1) is 11.7 Å². The molecule has 1 aliphatic rings. The molecule has 8 nitrogen and oxygen atoms in total. The maximum Gasteiger partial charge on any atom is 0.303 e. The van der Waals surface area contributed by atoms with Gasteiger partial charge in [0.05, 0.1) is 18.2 Å². The third-order valence-electron chi connectivity index (χ3n) is 10.7. The fourth-order valence-corrected chi connectivity index (χ4v) is 7.81. The van der Waals surface area contributed by atoms with Crippen LogP contribution in [0.15, 0.2) is 109 Å². The van der Waals surface area contributed by atoms with Crippen molar-refractivity contribution in [3.63, 3.8) is 0 Å². The Labute approximate surface area is 324 Å². The maximum atomic E-state index is 14.0. The smallest absolute Gasteiger partial charge is 0.303 e. The van der Waals surface area contributed by atoms with E-state index < -0.39 is 12.1 Å². The molecule has 2 heterocycles. The SMILES string of the molecule is CC(=O)O[C@@H](CC[C@H]1C(=O)N(c2ccc(CCCn3ccnn3)cc2)[C@@H]1c1ccc(CCCc2ccccc2CCCCCCO)cc1)c1ccc(F)cc1. The highest BCUT2D eigenvalue weighted by molar-refractivity contribution is 6.03. The second-order valence-electron chi connectivity index (χ2n) is 14.7. The average molecular weight is 745 g/mol. The van der Waals surface area contributed by atoms with Crippen molar-refractivity contribution in [2.24, 2.45) is 5.92 Å². The lowest BCUT2D eigenvalue weighted by atomic mass is 9.78. The van der Waals surface area contributed by atoms with Crippen molar-refractivity contribution < 1.29 is 23.8 Å². The number of aliphatic hydroxyl groups is 1. The Balaban J connectivity index is 1.13. The van der Waals surface area contributed by atoms with Crippen LogP contribution in [0.4, 0.5) is 10.1 Å². The first-order valence-electron chi connectivity index (χ1n) is 19.8. The Morgan fingerprint density at radius 1 is 0.800 bits per heavy atom. The number of esters is 1.